The fourth-order valence-corrected chi connectivity index (χ4v) is 8.39. The molecule has 0 aliphatic heterocycles. The molecule has 6 heteroatoms. The van der Waals surface area contributed by atoms with Crippen molar-refractivity contribution in [2.45, 2.75) is 285 Å². The molecule has 0 aromatic carbocycles. The highest BCUT2D eigenvalue weighted by Gasteiger charge is 2.16. The van der Waals surface area contributed by atoms with E-state index in [0.29, 0.717) is 50.0 Å². The minimum atomic E-state index is 0.0308. The Labute approximate surface area is 369 Å². The largest absolute Gasteiger partial charge is 0.466 e. The van der Waals surface area contributed by atoms with Crippen LogP contribution in [0.15, 0.2) is 0 Å². The predicted molar refractivity (Wildman–Crippen MR) is 255 cm³/mol. The number of hydrogen-bond acceptors (Lipinski definition) is 6. The van der Waals surface area contributed by atoms with Gasteiger partial charge in [0.05, 0.1) is 19.3 Å². The van der Waals surface area contributed by atoms with E-state index in [1.807, 2.05) is 0 Å². The van der Waals surface area contributed by atoms with Crippen molar-refractivity contribution in [1.82, 2.24) is 4.90 Å². The number of ether oxygens (including phenoxy) is 3. The lowest BCUT2D eigenvalue weighted by Gasteiger charge is -2.21. The normalized spacial score (nSPS) is 11.9. The predicted octanol–water partition coefficient (Wildman–Crippen LogP) is 16.2. The standard InChI is InChI=1S/C53H105NO5/c1-8-12-26-36-49(37-27-13-9-2)46-52(55)58-44-33-24-20-16-18-22-30-40-51(57-43-35-32-42-54(7)48(5)6)41-31-23-19-17-21-25-34-45-59-53(56)47-50(38-28-14-10-3)39-29-15-11-4/h48-51H,8-47H2,1-7H3. The van der Waals surface area contributed by atoms with Gasteiger partial charge in [0.1, 0.15) is 0 Å². The minimum absolute atomic E-state index is 0.0308. The number of nitrogens with zero attached hydrogens (tertiary/aromatic N) is 1. The summed E-state index contributed by atoms with van der Waals surface area (Å²) >= 11 is 0. The van der Waals surface area contributed by atoms with E-state index < -0.39 is 0 Å². The van der Waals surface area contributed by atoms with Crippen LogP contribution in [0.4, 0.5) is 0 Å². The van der Waals surface area contributed by atoms with Gasteiger partial charge in [0.15, 0.2) is 0 Å². The quantitative estimate of drug-likeness (QED) is 0.0449. The SMILES string of the molecule is CCCCCC(CCCCC)CC(=O)OCCCCCCCCCC(CCCCCCCCCOC(=O)CC(CCCCC)CCCCC)OCCCCN(C)C(C)C. The molecule has 0 aromatic heterocycles. The molecular weight excluding hydrogens is 731 g/mol. The van der Waals surface area contributed by atoms with Gasteiger partial charge in [0.2, 0.25) is 0 Å². The Bertz CT molecular complexity index is 802. The lowest BCUT2D eigenvalue weighted by atomic mass is 9.92. The lowest BCUT2D eigenvalue weighted by Crippen LogP contribution is -2.27. The van der Waals surface area contributed by atoms with Crippen LogP contribution >= 0.6 is 0 Å². The first-order valence-electron chi connectivity index (χ1n) is 26.4. The first-order valence-corrected chi connectivity index (χ1v) is 26.4. The Morgan fingerprint density at radius 2 is 0.729 bits per heavy atom. The van der Waals surface area contributed by atoms with Crippen LogP contribution in [0.1, 0.15) is 273 Å². The highest BCUT2D eigenvalue weighted by molar-refractivity contribution is 5.70. The zero-order valence-corrected chi connectivity index (χ0v) is 41.1. The molecule has 0 atom stereocenters. The van der Waals surface area contributed by atoms with E-state index in [2.05, 4.69) is 53.5 Å². The number of unbranched alkanes of at least 4 members (excludes halogenated alkanes) is 21. The Morgan fingerprint density at radius 1 is 0.407 bits per heavy atom. The second kappa shape index (κ2) is 44.9. The van der Waals surface area contributed by atoms with Crippen LogP contribution < -0.4 is 0 Å². The third-order valence-electron chi connectivity index (χ3n) is 12.8. The van der Waals surface area contributed by atoms with Crippen molar-refractivity contribution < 1.29 is 23.8 Å². The zero-order chi connectivity index (χ0) is 43.4. The third kappa shape index (κ3) is 40.7. The molecule has 352 valence electrons. The molecule has 0 N–H and O–H groups in total. The van der Waals surface area contributed by atoms with Gasteiger partial charge in [-0.25, -0.2) is 0 Å². The molecule has 0 rings (SSSR count). The smallest absolute Gasteiger partial charge is 0.306 e. The van der Waals surface area contributed by atoms with Crippen LogP contribution in [0.5, 0.6) is 0 Å². The number of hydrogen-bond donors (Lipinski definition) is 0. The van der Waals surface area contributed by atoms with Gasteiger partial charge in [0, 0.05) is 25.5 Å². The Balaban J connectivity index is 4.26. The van der Waals surface area contributed by atoms with Gasteiger partial charge in [-0.05, 0) is 103 Å². The maximum atomic E-state index is 12.5. The molecule has 0 spiro atoms. The van der Waals surface area contributed by atoms with E-state index in [4.69, 9.17) is 14.2 Å². The van der Waals surface area contributed by atoms with Gasteiger partial charge in [-0.1, -0.05) is 182 Å². The molecule has 0 saturated heterocycles. The maximum absolute atomic E-state index is 12.5. The second-order valence-corrected chi connectivity index (χ2v) is 18.9. The van der Waals surface area contributed by atoms with Crippen LogP contribution in [0.2, 0.25) is 0 Å². The van der Waals surface area contributed by atoms with Crippen molar-refractivity contribution in [3.05, 3.63) is 0 Å². The second-order valence-electron chi connectivity index (χ2n) is 18.9. The van der Waals surface area contributed by atoms with Crippen molar-refractivity contribution in [3.63, 3.8) is 0 Å². The highest BCUT2D eigenvalue weighted by atomic mass is 16.5. The molecule has 0 aliphatic carbocycles. The minimum Gasteiger partial charge on any atom is -0.466 e. The van der Waals surface area contributed by atoms with Gasteiger partial charge in [-0.15, -0.1) is 0 Å². The summed E-state index contributed by atoms with van der Waals surface area (Å²) in [7, 11) is 2.22. The molecule has 0 amide bonds. The summed E-state index contributed by atoms with van der Waals surface area (Å²) in [5.74, 6) is 1.08. The van der Waals surface area contributed by atoms with E-state index in [-0.39, 0.29) is 11.9 Å². The van der Waals surface area contributed by atoms with E-state index in [9.17, 15) is 9.59 Å². The molecule has 0 aromatic rings. The zero-order valence-electron chi connectivity index (χ0n) is 41.1. The molecule has 0 aliphatic rings. The first kappa shape index (κ1) is 57.9. The average molecular weight is 836 g/mol. The van der Waals surface area contributed by atoms with E-state index in [0.717, 1.165) is 45.3 Å². The number of rotatable bonds is 47. The van der Waals surface area contributed by atoms with E-state index >= 15 is 0 Å². The molecule has 0 radical (unpaired) electrons. The number of carbonyl (C=O) groups excluding carboxylic acids is 2. The van der Waals surface area contributed by atoms with Gasteiger partial charge >= 0.3 is 11.9 Å². The van der Waals surface area contributed by atoms with Gasteiger partial charge < -0.3 is 19.1 Å². The van der Waals surface area contributed by atoms with Crippen molar-refractivity contribution in [2.24, 2.45) is 11.8 Å². The van der Waals surface area contributed by atoms with Crippen LogP contribution in [0.3, 0.4) is 0 Å². The summed E-state index contributed by atoms with van der Waals surface area (Å²) in [6.07, 6.45) is 43.2. The molecule has 0 heterocycles. The lowest BCUT2D eigenvalue weighted by molar-refractivity contribution is -0.146. The first-order chi connectivity index (χ1) is 28.8. The Hall–Kier alpha value is -1.14. The summed E-state index contributed by atoms with van der Waals surface area (Å²) in [6, 6.07) is 0.601. The van der Waals surface area contributed by atoms with Crippen LogP contribution in [-0.2, 0) is 23.8 Å². The van der Waals surface area contributed by atoms with Gasteiger partial charge in [-0.3, -0.25) is 9.59 Å². The average Bonchev–Trinajstić information content (AvgIpc) is 3.21. The van der Waals surface area contributed by atoms with E-state index in [1.165, 1.54) is 186 Å². The summed E-state index contributed by atoms with van der Waals surface area (Å²) in [5, 5.41) is 0. The van der Waals surface area contributed by atoms with Gasteiger partial charge in [0.25, 0.3) is 0 Å². The molecule has 59 heavy (non-hydrogen) atoms. The molecule has 6 nitrogen and oxygen atoms in total. The topological polar surface area (TPSA) is 65.1 Å². The third-order valence-corrected chi connectivity index (χ3v) is 12.8. The van der Waals surface area contributed by atoms with Gasteiger partial charge in [-0.2, -0.15) is 0 Å². The summed E-state index contributed by atoms with van der Waals surface area (Å²) in [5.41, 5.74) is 0. The van der Waals surface area contributed by atoms with Crippen LogP contribution in [-0.4, -0.2) is 62.4 Å². The molecule has 0 fully saturated rings. The van der Waals surface area contributed by atoms with Crippen molar-refractivity contribution in [2.75, 3.05) is 33.4 Å². The molecule has 0 unspecified atom stereocenters. The van der Waals surface area contributed by atoms with Crippen LogP contribution in [0.25, 0.3) is 0 Å². The molecular formula is C53H105NO5. The molecule has 0 saturated carbocycles. The maximum Gasteiger partial charge on any atom is 0.306 e. The summed E-state index contributed by atoms with van der Waals surface area (Å²) in [6.45, 7) is 16.8. The van der Waals surface area contributed by atoms with Crippen molar-refractivity contribution >= 4 is 11.9 Å². The monoisotopic (exact) mass is 836 g/mol. The van der Waals surface area contributed by atoms with Crippen molar-refractivity contribution in [3.8, 4) is 0 Å². The molecule has 0 bridgehead atoms. The fraction of sp³-hybridized carbons (Fsp3) is 0.962. The summed E-state index contributed by atoms with van der Waals surface area (Å²) < 4.78 is 17.8. The van der Waals surface area contributed by atoms with E-state index in [1.54, 1.807) is 0 Å². The Morgan fingerprint density at radius 3 is 1.08 bits per heavy atom. The van der Waals surface area contributed by atoms with Crippen LogP contribution in [0, 0.1) is 11.8 Å². The van der Waals surface area contributed by atoms with Crippen molar-refractivity contribution in [1.29, 1.82) is 0 Å². The highest BCUT2D eigenvalue weighted by Crippen LogP contribution is 2.24. The number of esters is 2. The Kier molecular flexibility index (Phi) is 44.0. The number of carbonyl (C=O) groups is 2. The fourth-order valence-electron chi connectivity index (χ4n) is 8.39. The summed E-state index contributed by atoms with van der Waals surface area (Å²) in [4.78, 5) is 27.5.